The molecular weight excluding hydrogens is 398 g/mol. The van der Waals surface area contributed by atoms with Crippen LogP contribution in [0, 0.1) is 0 Å². The lowest BCUT2D eigenvalue weighted by Crippen LogP contribution is -2.46. The van der Waals surface area contributed by atoms with E-state index in [0.29, 0.717) is 23.9 Å². The maximum atomic E-state index is 13.0. The molecule has 3 aliphatic rings. The van der Waals surface area contributed by atoms with Crippen LogP contribution in [0.5, 0.6) is 5.75 Å². The van der Waals surface area contributed by atoms with E-state index in [-0.39, 0.29) is 5.78 Å². The van der Waals surface area contributed by atoms with Gasteiger partial charge in [0.1, 0.15) is 5.75 Å². The SMILES string of the molecule is O=C1c2ccccc2-c2nc3ccc(O)c(CN4CCC(N5CCCCC5)CC4)c3cc21. The number of hydrogen-bond donors (Lipinski definition) is 1. The van der Waals surface area contributed by atoms with E-state index in [1.807, 2.05) is 36.4 Å². The minimum absolute atomic E-state index is 0.0293. The van der Waals surface area contributed by atoms with Crippen LogP contribution < -0.4 is 0 Å². The molecule has 32 heavy (non-hydrogen) atoms. The molecule has 1 aromatic heterocycles. The van der Waals surface area contributed by atoms with Crippen molar-refractivity contribution < 1.29 is 9.90 Å². The summed E-state index contributed by atoms with van der Waals surface area (Å²) in [6.45, 7) is 5.28. The summed E-state index contributed by atoms with van der Waals surface area (Å²) in [4.78, 5) is 23.0. The zero-order chi connectivity index (χ0) is 21.7. The van der Waals surface area contributed by atoms with Gasteiger partial charge in [-0.3, -0.25) is 9.69 Å². The fraction of sp³-hybridized carbons (Fsp3) is 0.407. The van der Waals surface area contributed by atoms with Gasteiger partial charge in [-0.05, 0) is 70.1 Å². The Labute approximate surface area is 188 Å². The number of likely N-dealkylation sites (tertiary alicyclic amines) is 2. The lowest BCUT2D eigenvalue weighted by molar-refractivity contribution is 0.0895. The van der Waals surface area contributed by atoms with Crippen molar-refractivity contribution in [1.82, 2.24) is 14.8 Å². The van der Waals surface area contributed by atoms with Crippen LogP contribution in [-0.4, -0.2) is 57.9 Å². The van der Waals surface area contributed by atoms with Gasteiger partial charge in [0, 0.05) is 40.2 Å². The smallest absolute Gasteiger partial charge is 0.195 e. The molecule has 0 saturated carbocycles. The first-order valence-electron chi connectivity index (χ1n) is 11.9. The van der Waals surface area contributed by atoms with Crippen molar-refractivity contribution in [3.63, 3.8) is 0 Å². The molecule has 2 aliphatic heterocycles. The highest BCUT2D eigenvalue weighted by Gasteiger charge is 2.30. The van der Waals surface area contributed by atoms with Crippen LogP contribution in [0.25, 0.3) is 22.2 Å². The summed E-state index contributed by atoms with van der Waals surface area (Å²) in [6, 6.07) is 13.9. The summed E-state index contributed by atoms with van der Waals surface area (Å²) in [5.41, 5.74) is 4.76. The number of hydrogen-bond acceptors (Lipinski definition) is 5. The molecule has 5 heteroatoms. The van der Waals surface area contributed by atoms with E-state index in [2.05, 4.69) is 9.80 Å². The molecule has 2 fully saturated rings. The molecule has 2 saturated heterocycles. The topological polar surface area (TPSA) is 56.7 Å². The zero-order valence-corrected chi connectivity index (χ0v) is 18.4. The second-order valence-corrected chi connectivity index (χ2v) is 9.49. The van der Waals surface area contributed by atoms with Crippen molar-refractivity contribution >= 4 is 16.7 Å². The molecule has 1 N–H and O–H groups in total. The number of carbonyl (C=O) groups is 1. The molecule has 0 spiro atoms. The molecule has 6 rings (SSSR count). The highest BCUT2D eigenvalue weighted by molar-refractivity contribution is 6.22. The van der Waals surface area contributed by atoms with Crippen LogP contribution >= 0.6 is 0 Å². The molecule has 3 heterocycles. The Morgan fingerprint density at radius 2 is 1.66 bits per heavy atom. The third-order valence-corrected chi connectivity index (χ3v) is 7.60. The Balaban J connectivity index is 1.27. The minimum atomic E-state index is 0.0293. The number of fused-ring (bicyclic) bond motifs is 4. The van der Waals surface area contributed by atoms with Crippen LogP contribution in [-0.2, 0) is 6.54 Å². The molecule has 0 bridgehead atoms. The monoisotopic (exact) mass is 427 g/mol. The van der Waals surface area contributed by atoms with Crippen LogP contribution in [0.4, 0.5) is 0 Å². The van der Waals surface area contributed by atoms with Crippen molar-refractivity contribution in [1.29, 1.82) is 0 Å². The fourth-order valence-electron chi connectivity index (χ4n) is 5.82. The van der Waals surface area contributed by atoms with E-state index in [4.69, 9.17) is 4.98 Å². The van der Waals surface area contributed by atoms with E-state index in [0.717, 1.165) is 46.4 Å². The van der Waals surface area contributed by atoms with Crippen molar-refractivity contribution in [3.8, 4) is 17.0 Å². The third-order valence-electron chi connectivity index (χ3n) is 7.60. The molecule has 2 aromatic carbocycles. The highest BCUT2D eigenvalue weighted by Crippen LogP contribution is 2.39. The second kappa shape index (κ2) is 7.98. The number of aromatic nitrogens is 1. The first-order chi connectivity index (χ1) is 15.7. The molecule has 0 radical (unpaired) electrons. The second-order valence-electron chi connectivity index (χ2n) is 9.49. The molecule has 1 aliphatic carbocycles. The van der Waals surface area contributed by atoms with Gasteiger partial charge in [0.25, 0.3) is 0 Å². The number of aromatic hydroxyl groups is 1. The van der Waals surface area contributed by atoms with Gasteiger partial charge in [0.15, 0.2) is 5.78 Å². The summed E-state index contributed by atoms with van der Waals surface area (Å²) in [6.07, 6.45) is 6.43. The number of pyridine rings is 1. The molecule has 5 nitrogen and oxygen atoms in total. The quantitative estimate of drug-likeness (QED) is 0.518. The number of phenols is 1. The highest BCUT2D eigenvalue weighted by atomic mass is 16.3. The first kappa shape index (κ1) is 19.9. The maximum absolute atomic E-state index is 13.0. The Bertz CT molecular complexity index is 1190. The van der Waals surface area contributed by atoms with Gasteiger partial charge in [-0.1, -0.05) is 30.7 Å². The van der Waals surface area contributed by atoms with E-state index in [1.54, 1.807) is 6.07 Å². The Morgan fingerprint density at radius 3 is 2.44 bits per heavy atom. The number of piperidine rings is 2. The predicted octanol–water partition coefficient (Wildman–Crippen LogP) is 4.60. The van der Waals surface area contributed by atoms with Gasteiger partial charge in [-0.2, -0.15) is 0 Å². The van der Waals surface area contributed by atoms with Crippen LogP contribution in [0.3, 0.4) is 0 Å². The van der Waals surface area contributed by atoms with E-state index >= 15 is 0 Å². The van der Waals surface area contributed by atoms with Gasteiger partial charge >= 0.3 is 0 Å². The van der Waals surface area contributed by atoms with E-state index in [9.17, 15) is 9.90 Å². The largest absolute Gasteiger partial charge is 0.508 e. The van der Waals surface area contributed by atoms with E-state index < -0.39 is 0 Å². The number of benzene rings is 2. The Kier molecular flexibility index (Phi) is 4.96. The first-order valence-corrected chi connectivity index (χ1v) is 11.9. The Hall–Kier alpha value is -2.76. The zero-order valence-electron chi connectivity index (χ0n) is 18.4. The lowest BCUT2D eigenvalue weighted by atomic mass is 9.98. The number of phenolic OH excluding ortho intramolecular Hbond substituents is 1. The Morgan fingerprint density at radius 1 is 0.906 bits per heavy atom. The van der Waals surface area contributed by atoms with Gasteiger partial charge in [0.2, 0.25) is 0 Å². The molecule has 0 atom stereocenters. The van der Waals surface area contributed by atoms with Gasteiger partial charge < -0.3 is 10.0 Å². The number of ketones is 1. The van der Waals surface area contributed by atoms with Gasteiger partial charge in [-0.15, -0.1) is 0 Å². The molecule has 0 amide bonds. The summed E-state index contributed by atoms with van der Waals surface area (Å²) in [5.74, 6) is 0.321. The van der Waals surface area contributed by atoms with Crippen LogP contribution in [0.1, 0.15) is 53.6 Å². The van der Waals surface area contributed by atoms with E-state index in [1.165, 1.54) is 45.2 Å². The normalized spacial score (nSPS) is 19.9. The summed E-state index contributed by atoms with van der Waals surface area (Å²) >= 11 is 0. The third kappa shape index (κ3) is 3.31. The van der Waals surface area contributed by atoms with Crippen LogP contribution in [0.2, 0.25) is 0 Å². The van der Waals surface area contributed by atoms with Crippen molar-refractivity contribution in [3.05, 3.63) is 59.2 Å². The average molecular weight is 428 g/mol. The molecule has 164 valence electrons. The number of nitrogens with zero attached hydrogens (tertiary/aromatic N) is 3. The molecular formula is C27H29N3O2. The van der Waals surface area contributed by atoms with Crippen molar-refractivity contribution in [2.75, 3.05) is 26.2 Å². The molecule has 3 aromatic rings. The number of carbonyl (C=O) groups excluding carboxylic acids is 1. The summed E-state index contributed by atoms with van der Waals surface area (Å²) < 4.78 is 0. The maximum Gasteiger partial charge on any atom is 0.195 e. The molecule has 0 unspecified atom stereocenters. The fourth-order valence-corrected chi connectivity index (χ4v) is 5.82. The standard InChI is InChI=1S/C27H29N3O2/c31-25-9-8-24-21(16-22-26(28-24)19-6-2-3-7-20(19)27(22)32)23(25)17-29-14-10-18(11-15-29)30-12-4-1-5-13-30/h2-3,6-9,16,18,31H,1,4-5,10-15,17H2. The van der Waals surface area contributed by atoms with Gasteiger partial charge in [-0.25, -0.2) is 4.98 Å². The minimum Gasteiger partial charge on any atom is -0.508 e. The van der Waals surface area contributed by atoms with Crippen molar-refractivity contribution in [2.45, 2.75) is 44.7 Å². The lowest BCUT2D eigenvalue weighted by Gasteiger charge is -2.40. The summed E-state index contributed by atoms with van der Waals surface area (Å²) in [5, 5.41) is 11.6. The summed E-state index contributed by atoms with van der Waals surface area (Å²) in [7, 11) is 0. The predicted molar refractivity (Wildman–Crippen MR) is 126 cm³/mol. The average Bonchev–Trinajstić information content (AvgIpc) is 3.12. The van der Waals surface area contributed by atoms with Crippen molar-refractivity contribution in [2.24, 2.45) is 0 Å². The number of rotatable bonds is 3. The van der Waals surface area contributed by atoms with Crippen LogP contribution in [0.15, 0.2) is 42.5 Å². The van der Waals surface area contributed by atoms with Gasteiger partial charge in [0.05, 0.1) is 11.2 Å².